The lowest BCUT2D eigenvalue weighted by Crippen LogP contribution is -2.25. The first-order chi connectivity index (χ1) is 11.6. The van der Waals surface area contributed by atoms with Crippen LogP contribution < -0.4 is 10.1 Å². The maximum Gasteiger partial charge on any atom is 0.252 e. The lowest BCUT2D eigenvalue weighted by molar-refractivity contribution is 0.0950. The van der Waals surface area contributed by atoms with E-state index in [1.165, 1.54) is 5.56 Å². The van der Waals surface area contributed by atoms with E-state index in [9.17, 15) is 4.79 Å². The van der Waals surface area contributed by atoms with E-state index in [1.54, 1.807) is 18.9 Å². The van der Waals surface area contributed by atoms with Crippen LogP contribution >= 0.6 is 11.8 Å². The van der Waals surface area contributed by atoms with E-state index < -0.39 is 0 Å². The number of carbonyl (C=O) groups is 1. The van der Waals surface area contributed by atoms with E-state index in [-0.39, 0.29) is 5.91 Å². The first-order valence-electron chi connectivity index (χ1n) is 8.27. The summed E-state index contributed by atoms with van der Waals surface area (Å²) in [6.07, 6.45) is 1.82. The van der Waals surface area contributed by atoms with Crippen LogP contribution in [0.3, 0.4) is 0 Å². The Kier molecular flexibility index (Phi) is 7.19. The molecule has 2 aromatic rings. The Morgan fingerprint density at radius 2 is 1.96 bits per heavy atom. The molecule has 4 heteroatoms. The summed E-state index contributed by atoms with van der Waals surface area (Å²) in [5.74, 6) is 0.876. The molecule has 1 amide bonds. The van der Waals surface area contributed by atoms with E-state index in [4.69, 9.17) is 4.74 Å². The number of hydrogen-bond donors (Lipinski definition) is 1. The van der Waals surface area contributed by atoms with Gasteiger partial charge in [-0.3, -0.25) is 4.79 Å². The third kappa shape index (κ3) is 5.60. The van der Waals surface area contributed by atoms with Crippen molar-refractivity contribution >= 4 is 17.7 Å². The smallest absolute Gasteiger partial charge is 0.252 e. The number of methoxy groups -OCH3 is 1. The van der Waals surface area contributed by atoms with Crippen molar-refractivity contribution in [1.29, 1.82) is 0 Å². The molecule has 3 nitrogen and oxygen atoms in total. The summed E-state index contributed by atoms with van der Waals surface area (Å²) in [7, 11) is 1.67. The third-order valence-corrected chi connectivity index (χ3v) is 4.64. The van der Waals surface area contributed by atoms with Crippen LogP contribution in [-0.4, -0.2) is 24.8 Å². The summed E-state index contributed by atoms with van der Waals surface area (Å²) in [5, 5.41) is 3.48. The van der Waals surface area contributed by atoms with E-state index in [0.717, 1.165) is 29.1 Å². The molecule has 0 heterocycles. The third-order valence-electron chi connectivity index (χ3n) is 3.56. The Hall–Kier alpha value is -1.94. The van der Waals surface area contributed by atoms with Crippen LogP contribution in [0.1, 0.15) is 36.2 Å². The molecule has 0 atom stereocenters. The highest BCUT2D eigenvalue weighted by molar-refractivity contribution is 8.00. The van der Waals surface area contributed by atoms with Crippen LogP contribution in [0, 0.1) is 0 Å². The summed E-state index contributed by atoms with van der Waals surface area (Å²) in [6, 6.07) is 15.8. The number of thioether (sulfide) groups is 1. The van der Waals surface area contributed by atoms with Gasteiger partial charge < -0.3 is 10.1 Å². The average molecular weight is 343 g/mol. The SMILES string of the molecule is COc1cccc(CCCNC(=O)c2ccccc2SC(C)C)c1. The minimum absolute atomic E-state index is 0.00407. The zero-order valence-electron chi connectivity index (χ0n) is 14.5. The Balaban J connectivity index is 1.85. The highest BCUT2D eigenvalue weighted by Crippen LogP contribution is 2.26. The van der Waals surface area contributed by atoms with Crippen LogP contribution in [-0.2, 0) is 6.42 Å². The van der Waals surface area contributed by atoms with Gasteiger partial charge in [-0.05, 0) is 42.7 Å². The van der Waals surface area contributed by atoms with Gasteiger partial charge in [0.25, 0.3) is 5.91 Å². The molecule has 0 unspecified atom stereocenters. The zero-order valence-corrected chi connectivity index (χ0v) is 15.4. The molecule has 1 N–H and O–H groups in total. The molecule has 0 saturated heterocycles. The molecular formula is C20H25NO2S. The number of carbonyl (C=O) groups excluding carboxylic acids is 1. The van der Waals surface area contributed by atoms with Crippen LogP contribution in [0.2, 0.25) is 0 Å². The second kappa shape index (κ2) is 9.38. The largest absolute Gasteiger partial charge is 0.497 e. The van der Waals surface area contributed by atoms with Gasteiger partial charge in [0.2, 0.25) is 0 Å². The first kappa shape index (κ1) is 18.4. The Morgan fingerprint density at radius 3 is 2.71 bits per heavy atom. The van der Waals surface area contributed by atoms with Crippen LogP contribution in [0.4, 0.5) is 0 Å². The van der Waals surface area contributed by atoms with Gasteiger partial charge in [0, 0.05) is 16.7 Å². The lowest BCUT2D eigenvalue weighted by Gasteiger charge is -2.11. The first-order valence-corrected chi connectivity index (χ1v) is 9.15. The van der Waals surface area contributed by atoms with Crippen molar-refractivity contribution in [2.24, 2.45) is 0 Å². The Labute approximate surface area is 148 Å². The van der Waals surface area contributed by atoms with E-state index in [0.29, 0.717) is 11.8 Å². The molecule has 0 bridgehead atoms. The molecule has 128 valence electrons. The summed E-state index contributed by atoms with van der Waals surface area (Å²) >= 11 is 1.72. The standard InChI is InChI=1S/C20H25NO2S/c1-15(2)24-19-12-5-4-11-18(19)20(22)21-13-7-9-16-8-6-10-17(14-16)23-3/h4-6,8,10-12,14-15H,7,9,13H2,1-3H3,(H,21,22). The second-order valence-electron chi connectivity index (χ2n) is 5.87. The molecule has 0 spiro atoms. The summed E-state index contributed by atoms with van der Waals surface area (Å²) in [6.45, 7) is 4.93. The minimum Gasteiger partial charge on any atom is -0.497 e. The van der Waals surface area contributed by atoms with Gasteiger partial charge in [0.1, 0.15) is 5.75 Å². The van der Waals surface area contributed by atoms with Crippen LogP contribution in [0.15, 0.2) is 53.4 Å². The second-order valence-corrected chi connectivity index (χ2v) is 7.49. The van der Waals surface area contributed by atoms with E-state index in [1.807, 2.05) is 42.5 Å². The van der Waals surface area contributed by atoms with E-state index in [2.05, 4.69) is 25.2 Å². The molecule has 2 aromatic carbocycles. The highest BCUT2D eigenvalue weighted by atomic mass is 32.2. The quantitative estimate of drug-likeness (QED) is 0.564. The number of ether oxygens (including phenoxy) is 1. The molecule has 24 heavy (non-hydrogen) atoms. The van der Waals surface area contributed by atoms with Crippen LogP contribution in [0.25, 0.3) is 0 Å². The van der Waals surface area contributed by atoms with Gasteiger partial charge in [0.05, 0.1) is 12.7 Å². The molecule has 0 aliphatic carbocycles. The zero-order chi connectivity index (χ0) is 17.4. The summed E-state index contributed by atoms with van der Waals surface area (Å²) in [5.41, 5.74) is 1.98. The van der Waals surface area contributed by atoms with Gasteiger partial charge in [-0.1, -0.05) is 38.1 Å². The number of amides is 1. The van der Waals surface area contributed by atoms with Crippen molar-refractivity contribution in [2.75, 3.05) is 13.7 Å². The number of hydrogen-bond acceptors (Lipinski definition) is 3. The molecule has 0 aromatic heterocycles. The van der Waals surface area contributed by atoms with Crippen molar-refractivity contribution in [1.82, 2.24) is 5.32 Å². The summed E-state index contributed by atoms with van der Waals surface area (Å²) in [4.78, 5) is 13.5. The van der Waals surface area contributed by atoms with Gasteiger partial charge in [-0.15, -0.1) is 11.8 Å². The topological polar surface area (TPSA) is 38.3 Å². The fourth-order valence-corrected chi connectivity index (χ4v) is 3.38. The van der Waals surface area contributed by atoms with Gasteiger partial charge >= 0.3 is 0 Å². The molecular weight excluding hydrogens is 318 g/mol. The lowest BCUT2D eigenvalue weighted by atomic mass is 10.1. The maximum absolute atomic E-state index is 12.4. The van der Waals surface area contributed by atoms with Crippen molar-refractivity contribution in [3.05, 3.63) is 59.7 Å². The Bertz CT molecular complexity index is 670. The molecule has 0 fully saturated rings. The van der Waals surface area contributed by atoms with Gasteiger partial charge in [-0.25, -0.2) is 0 Å². The van der Waals surface area contributed by atoms with Gasteiger partial charge in [0.15, 0.2) is 0 Å². The van der Waals surface area contributed by atoms with Crippen LogP contribution in [0.5, 0.6) is 5.75 Å². The predicted octanol–water partition coefficient (Wildman–Crippen LogP) is 4.56. The predicted molar refractivity (Wildman–Crippen MR) is 101 cm³/mol. The number of aryl methyl sites for hydroxylation is 1. The summed E-state index contributed by atoms with van der Waals surface area (Å²) < 4.78 is 5.23. The van der Waals surface area contributed by atoms with Crippen molar-refractivity contribution in [3.63, 3.8) is 0 Å². The molecule has 0 saturated carbocycles. The molecule has 0 radical (unpaired) electrons. The normalized spacial score (nSPS) is 10.7. The number of benzene rings is 2. The number of rotatable bonds is 8. The number of nitrogens with one attached hydrogen (secondary N) is 1. The fourth-order valence-electron chi connectivity index (χ4n) is 2.43. The maximum atomic E-state index is 12.4. The molecule has 0 aliphatic rings. The van der Waals surface area contributed by atoms with E-state index >= 15 is 0 Å². The molecule has 2 rings (SSSR count). The molecule has 0 aliphatic heterocycles. The van der Waals surface area contributed by atoms with Crippen molar-refractivity contribution < 1.29 is 9.53 Å². The van der Waals surface area contributed by atoms with Gasteiger partial charge in [-0.2, -0.15) is 0 Å². The fraction of sp³-hybridized carbons (Fsp3) is 0.350. The van der Waals surface area contributed by atoms with Crippen molar-refractivity contribution in [3.8, 4) is 5.75 Å². The monoisotopic (exact) mass is 343 g/mol. The minimum atomic E-state index is 0.00407. The van der Waals surface area contributed by atoms with Crippen molar-refractivity contribution in [2.45, 2.75) is 36.8 Å². The Morgan fingerprint density at radius 1 is 1.17 bits per heavy atom. The highest BCUT2D eigenvalue weighted by Gasteiger charge is 2.11. The average Bonchev–Trinajstić information content (AvgIpc) is 2.58.